The number of hydrogen-bond acceptors (Lipinski definition) is 4. The summed E-state index contributed by atoms with van der Waals surface area (Å²) in [5, 5.41) is 0.0714. The fraction of sp³-hybridized carbons (Fsp3) is 0.240. The molecule has 1 atom stereocenters. The summed E-state index contributed by atoms with van der Waals surface area (Å²) in [5.74, 6) is 0.934. The van der Waals surface area contributed by atoms with Gasteiger partial charge < -0.3 is 9.64 Å². The zero-order valence-corrected chi connectivity index (χ0v) is 17.8. The summed E-state index contributed by atoms with van der Waals surface area (Å²) in [6, 6.07) is 28.0. The molecule has 0 radical (unpaired) electrons. The van der Waals surface area contributed by atoms with Crippen LogP contribution in [0.15, 0.2) is 89.8 Å². The number of likely N-dealkylation sites (N-methyl/N-ethyl adjacent to an activating group) is 1. The Kier molecular flexibility index (Phi) is 7.91. The lowest BCUT2D eigenvalue weighted by molar-refractivity contribution is 0.0982. The third-order valence-corrected chi connectivity index (χ3v) is 5.81. The highest BCUT2D eigenvalue weighted by atomic mass is 32.2. The molecule has 0 spiro atoms. The van der Waals surface area contributed by atoms with Gasteiger partial charge in [0.25, 0.3) is 0 Å². The smallest absolute Gasteiger partial charge is 0.164 e. The Hall–Kier alpha value is -2.56. The Morgan fingerprint density at radius 3 is 2.14 bits per heavy atom. The zero-order valence-electron chi connectivity index (χ0n) is 17.0. The molecule has 0 saturated carbocycles. The Morgan fingerprint density at radius 2 is 1.52 bits per heavy atom. The molecule has 0 aliphatic carbocycles. The molecule has 4 heteroatoms. The largest absolute Gasteiger partial charge is 0.492 e. The monoisotopic (exact) mass is 405 g/mol. The van der Waals surface area contributed by atoms with E-state index in [0.717, 1.165) is 17.9 Å². The third-order valence-electron chi connectivity index (χ3n) is 4.55. The van der Waals surface area contributed by atoms with Gasteiger partial charge in [0.2, 0.25) is 0 Å². The fourth-order valence-corrected chi connectivity index (χ4v) is 4.10. The number of ketones is 1. The highest BCUT2D eigenvalue weighted by Gasteiger charge is 2.18. The normalized spacial score (nSPS) is 12.0. The van der Waals surface area contributed by atoms with Crippen molar-refractivity contribution < 1.29 is 9.53 Å². The average molecular weight is 406 g/mol. The van der Waals surface area contributed by atoms with Crippen molar-refractivity contribution in [3.05, 3.63) is 96.1 Å². The van der Waals surface area contributed by atoms with Gasteiger partial charge >= 0.3 is 0 Å². The maximum atomic E-state index is 13.0. The van der Waals surface area contributed by atoms with E-state index in [0.29, 0.717) is 13.0 Å². The standard InChI is InChI=1S/C25H27NO2S/c1-26(2)17-18-28-22-15-13-20(14-16-22)24(27)19-25(21-9-5-3-6-10-21)29-23-11-7-4-8-12-23/h3-16,25H,17-19H2,1-2H3. The molecule has 0 aliphatic heterocycles. The maximum absolute atomic E-state index is 13.0. The van der Waals surface area contributed by atoms with Crippen LogP contribution in [0.2, 0.25) is 0 Å². The van der Waals surface area contributed by atoms with Crippen molar-refractivity contribution >= 4 is 17.5 Å². The van der Waals surface area contributed by atoms with Gasteiger partial charge in [0.15, 0.2) is 5.78 Å². The van der Waals surface area contributed by atoms with Crippen molar-refractivity contribution in [2.24, 2.45) is 0 Å². The number of nitrogens with zero attached hydrogens (tertiary/aromatic N) is 1. The van der Waals surface area contributed by atoms with Gasteiger partial charge in [0.1, 0.15) is 12.4 Å². The molecular weight excluding hydrogens is 378 g/mol. The van der Waals surface area contributed by atoms with Crippen molar-refractivity contribution in [1.29, 1.82) is 0 Å². The van der Waals surface area contributed by atoms with Gasteiger partial charge in [-0.3, -0.25) is 4.79 Å². The molecule has 0 N–H and O–H groups in total. The van der Waals surface area contributed by atoms with Gasteiger partial charge in [-0.1, -0.05) is 48.5 Å². The number of benzene rings is 3. The summed E-state index contributed by atoms with van der Waals surface area (Å²) >= 11 is 1.73. The predicted molar refractivity (Wildman–Crippen MR) is 121 cm³/mol. The first-order valence-electron chi connectivity index (χ1n) is 9.79. The van der Waals surface area contributed by atoms with E-state index in [9.17, 15) is 4.79 Å². The van der Waals surface area contributed by atoms with Gasteiger partial charge in [-0.25, -0.2) is 0 Å². The SMILES string of the molecule is CN(C)CCOc1ccc(C(=O)CC(Sc2ccccc2)c2ccccc2)cc1. The fourth-order valence-electron chi connectivity index (χ4n) is 2.93. The quantitative estimate of drug-likeness (QED) is 0.318. The molecule has 0 aliphatic rings. The minimum Gasteiger partial charge on any atom is -0.492 e. The van der Waals surface area contributed by atoms with Crippen LogP contribution in [0.25, 0.3) is 0 Å². The minimum absolute atomic E-state index is 0.0714. The number of thioether (sulfide) groups is 1. The molecule has 3 aromatic rings. The first kappa shape index (κ1) is 21.2. The van der Waals surface area contributed by atoms with Crippen molar-refractivity contribution in [2.75, 3.05) is 27.2 Å². The van der Waals surface area contributed by atoms with Crippen LogP contribution in [0.1, 0.15) is 27.6 Å². The van der Waals surface area contributed by atoms with Crippen LogP contribution in [-0.4, -0.2) is 37.9 Å². The lowest BCUT2D eigenvalue weighted by Crippen LogP contribution is -2.19. The van der Waals surface area contributed by atoms with Crippen LogP contribution in [0.3, 0.4) is 0 Å². The summed E-state index contributed by atoms with van der Waals surface area (Å²) in [6.45, 7) is 1.49. The van der Waals surface area contributed by atoms with Crippen molar-refractivity contribution in [3.63, 3.8) is 0 Å². The van der Waals surface area contributed by atoms with E-state index < -0.39 is 0 Å². The maximum Gasteiger partial charge on any atom is 0.164 e. The molecule has 0 saturated heterocycles. The van der Waals surface area contributed by atoms with Gasteiger partial charge in [-0.15, -0.1) is 11.8 Å². The van der Waals surface area contributed by atoms with Crippen LogP contribution in [0, 0.1) is 0 Å². The van der Waals surface area contributed by atoms with Gasteiger partial charge in [-0.2, -0.15) is 0 Å². The van der Waals surface area contributed by atoms with E-state index in [2.05, 4.69) is 29.2 Å². The third kappa shape index (κ3) is 6.77. The van der Waals surface area contributed by atoms with Crippen molar-refractivity contribution in [2.45, 2.75) is 16.6 Å². The van der Waals surface area contributed by atoms with E-state index >= 15 is 0 Å². The summed E-state index contributed by atoms with van der Waals surface area (Å²) < 4.78 is 5.72. The number of ether oxygens (including phenoxy) is 1. The van der Waals surface area contributed by atoms with E-state index in [4.69, 9.17) is 4.74 Å². The van der Waals surface area contributed by atoms with Crippen LogP contribution < -0.4 is 4.74 Å². The Bertz CT molecular complexity index is 880. The molecule has 1 unspecified atom stereocenters. The average Bonchev–Trinajstić information content (AvgIpc) is 2.75. The van der Waals surface area contributed by atoms with Gasteiger partial charge in [-0.05, 0) is 56.1 Å². The van der Waals surface area contributed by atoms with E-state index in [-0.39, 0.29) is 11.0 Å². The number of carbonyl (C=O) groups excluding carboxylic acids is 1. The Morgan fingerprint density at radius 1 is 0.897 bits per heavy atom. The molecule has 3 aromatic carbocycles. The van der Waals surface area contributed by atoms with E-state index in [1.165, 1.54) is 10.5 Å². The predicted octanol–water partition coefficient (Wildman–Crippen LogP) is 5.73. The number of rotatable bonds is 10. The topological polar surface area (TPSA) is 29.5 Å². The molecule has 3 rings (SSSR count). The van der Waals surface area contributed by atoms with Crippen LogP contribution in [-0.2, 0) is 0 Å². The highest BCUT2D eigenvalue weighted by Crippen LogP contribution is 2.38. The van der Waals surface area contributed by atoms with Gasteiger partial charge in [0.05, 0.1) is 0 Å². The molecule has 150 valence electrons. The van der Waals surface area contributed by atoms with Crippen LogP contribution in [0.5, 0.6) is 5.75 Å². The summed E-state index contributed by atoms with van der Waals surface area (Å²) in [6.07, 6.45) is 0.449. The highest BCUT2D eigenvalue weighted by molar-refractivity contribution is 7.99. The summed E-state index contributed by atoms with van der Waals surface area (Å²) in [7, 11) is 4.03. The molecule has 3 nitrogen and oxygen atoms in total. The first-order chi connectivity index (χ1) is 14.1. The molecule has 0 heterocycles. The van der Waals surface area contributed by atoms with E-state index in [1.54, 1.807) is 11.8 Å². The number of carbonyl (C=O) groups is 1. The second-order valence-corrected chi connectivity index (χ2v) is 8.41. The lowest BCUT2D eigenvalue weighted by Gasteiger charge is -2.17. The molecule has 0 amide bonds. The van der Waals surface area contributed by atoms with Crippen LogP contribution >= 0.6 is 11.8 Å². The second kappa shape index (κ2) is 10.8. The molecule has 29 heavy (non-hydrogen) atoms. The Balaban J connectivity index is 1.68. The van der Waals surface area contributed by atoms with Gasteiger partial charge in [0, 0.05) is 28.7 Å². The first-order valence-corrected chi connectivity index (χ1v) is 10.7. The molecule has 0 aromatic heterocycles. The molecule has 0 fully saturated rings. The van der Waals surface area contributed by atoms with Crippen molar-refractivity contribution in [3.8, 4) is 5.75 Å². The lowest BCUT2D eigenvalue weighted by atomic mass is 10.0. The summed E-state index contributed by atoms with van der Waals surface area (Å²) in [4.78, 5) is 16.2. The number of Topliss-reactive ketones (excluding diaryl/α,β-unsaturated/α-hetero) is 1. The molecule has 0 bridgehead atoms. The molecular formula is C25H27NO2S. The Labute approximate surface area is 177 Å². The number of hydrogen-bond donors (Lipinski definition) is 0. The van der Waals surface area contributed by atoms with E-state index in [1.807, 2.05) is 74.8 Å². The second-order valence-electron chi connectivity index (χ2n) is 7.13. The minimum atomic E-state index is 0.0714. The van der Waals surface area contributed by atoms with Crippen molar-refractivity contribution in [1.82, 2.24) is 4.90 Å². The zero-order chi connectivity index (χ0) is 20.5. The summed E-state index contributed by atoms with van der Waals surface area (Å²) in [5.41, 5.74) is 1.89. The van der Waals surface area contributed by atoms with Crippen LogP contribution in [0.4, 0.5) is 0 Å².